The topological polar surface area (TPSA) is 43.4 Å². The van der Waals surface area contributed by atoms with Crippen LogP contribution in [0.15, 0.2) is 36.5 Å². The summed E-state index contributed by atoms with van der Waals surface area (Å²) in [7, 11) is 3.33. The van der Waals surface area contributed by atoms with E-state index in [4.69, 9.17) is 9.47 Å². The third-order valence-corrected chi connectivity index (χ3v) is 3.49. The van der Waals surface area contributed by atoms with Gasteiger partial charge in [0.15, 0.2) is 0 Å². The van der Waals surface area contributed by atoms with Gasteiger partial charge in [0, 0.05) is 36.1 Å². The second-order valence-electron chi connectivity index (χ2n) is 5.02. The average molecular weight is 286 g/mol. The first-order valence-corrected chi connectivity index (χ1v) is 7.01. The Hall–Kier alpha value is -2.07. The maximum Gasteiger partial charge on any atom is 0.127 e. The molecule has 4 heteroatoms. The predicted molar refractivity (Wildman–Crippen MR) is 83.8 cm³/mol. The first-order chi connectivity index (χ1) is 10.1. The van der Waals surface area contributed by atoms with Crippen LogP contribution in [0, 0.1) is 6.92 Å². The average Bonchev–Trinajstić information content (AvgIpc) is 2.53. The highest BCUT2D eigenvalue weighted by atomic mass is 16.5. The number of benzene rings is 1. The molecule has 1 N–H and O–H groups in total. The maximum absolute atomic E-state index is 5.44. The van der Waals surface area contributed by atoms with E-state index < -0.39 is 0 Å². The van der Waals surface area contributed by atoms with Crippen LogP contribution in [-0.4, -0.2) is 19.2 Å². The van der Waals surface area contributed by atoms with E-state index in [1.165, 1.54) is 5.56 Å². The predicted octanol–water partition coefficient (Wildman–Crippen LogP) is 3.26. The molecular weight excluding hydrogens is 264 g/mol. The first-order valence-electron chi connectivity index (χ1n) is 7.01. The van der Waals surface area contributed by atoms with Gasteiger partial charge in [0.1, 0.15) is 11.5 Å². The molecule has 0 saturated carbocycles. The molecule has 1 aromatic carbocycles. The summed E-state index contributed by atoms with van der Waals surface area (Å²) in [5.41, 5.74) is 3.31. The van der Waals surface area contributed by atoms with Crippen LogP contribution in [0.4, 0.5) is 0 Å². The standard InChI is InChI=1S/C17H22N2O2/c1-12-5-6-14(10-18-12)11-19-13(2)16-8-7-15(20-3)9-17(16)21-4/h5-10,13,19H,11H2,1-4H3. The Morgan fingerprint density at radius 3 is 2.57 bits per heavy atom. The number of nitrogens with zero attached hydrogens (tertiary/aromatic N) is 1. The van der Waals surface area contributed by atoms with E-state index in [-0.39, 0.29) is 6.04 Å². The summed E-state index contributed by atoms with van der Waals surface area (Å²) >= 11 is 0. The highest BCUT2D eigenvalue weighted by Crippen LogP contribution is 2.29. The van der Waals surface area contributed by atoms with Crippen molar-refractivity contribution >= 4 is 0 Å². The van der Waals surface area contributed by atoms with Crippen molar-refractivity contribution in [3.63, 3.8) is 0 Å². The number of ether oxygens (including phenoxy) is 2. The largest absolute Gasteiger partial charge is 0.497 e. The summed E-state index contributed by atoms with van der Waals surface area (Å²) in [6, 6.07) is 10.2. The van der Waals surface area contributed by atoms with E-state index in [2.05, 4.69) is 23.3 Å². The van der Waals surface area contributed by atoms with E-state index in [0.717, 1.165) is 29.3 Å². The van der Waals surface area contributed by atoms with Gasteiger partial charge in [-0.05, 0) is 31.5 Å². The Kier molecular flexibility index (Phi) is 5.17. The lowest BCUT2D eigenvalue weighted by molar-refractivity contribution is 0.386. The van der Waals surface area contributed by atoms with Gasteiger partial charge in [0.2, 0.25) is 0 Å². The van der Waals surface area contributed by atoms with Crippen molar-refractivity contribution in [2.75, 3.05) is 14.2 Å². The van der Waals surface area contributed by atoms with Gasteiger partial charge in [-0.1, -0.05) is 12.1 Å². The molecule has 1 atom stereocenters. The summed E-state index contributed by atoms with van der Waals surface area (Å²) in [6.45, 7) is 4.87. The summed E-state index contributed by atoms with van der Waals surface area (Å²) in [5, 5.41) is 3.49. The zero-order valence-electron chi connectivity index (χ0n) is 13.0. The monoisotopic (exact) mass is 286 g/mol. The zero-order chi connectivity index (χ0) is 15.2. The van der Waals surface area contributed by atoms with Gasteiger partial charge in [-0.2, -0.15) is 0 Å². The molecule has 112 valence electrons. The number of rotatable bonds is 6. The Morgan fingerprint density at radius 2 is 1.95 bits per heavy atom. The molecule has 2 rings (SSSR count). The highest BCUT2D eigenvalue weighted by Gasteiger charge is 2.12. The van der Waals surface area contributed by atoms with Crippen LogP contribution >= 0.6 is 0 Å². The minimum atomic E-state index is 0.173. The lowest BCUT2D eigenvalue weighted by atomic mass is 10.1. The molecule has 0 amide bonds. The van der Waals surface area contributed by atoms with Crippen LogP contribution in [0.25, 0.3) is 0 Å². The Morgan fingerprint density at radius 1 is 1.14 bits per heavy atom. The zero-order valence-corrected chi connectivity index (χ0v) is 13.0. The molecule has 0 aliphatic heterocycles. The third-order valence-electron chi connectivity index (χ3n) is 3.49. The molecule has 0 bridgehead atoms. The fourth-order valence-electron chi connectivity index (χ4n) is 2.16. The molecule has 0 aliphatic carbocycles. The number of nitrogens with one attached hydrogen (secondary N) is 1. The van der Waals surface area contributed by atoms with Crippen molar-refractivity contribution < 1.29 is 9.47 Å². The molecule has 21 heavy (non-hydrogen) atoms. The molecule has 0 fully saturated rings. The van der Waals surface area contributed by atoms with Crippen LogP contribution in [0.1, 0.15) is 29.8 Å². The maximum atomic E-state index is 5.44. The van der Waals surface area contributed by atoms with E-state index in [0.29, 0.717) is 0 Å². The number of hydrogen-bond donors (Lipinski definition) is 1. The van der Waals surface area contributed by atoms with Crippen LogP contribution in [0.3, 0.4) is 0 Å². The minimum Gasteiger partial charge on any atom is -0.497 e. The summed E-state index contributed by atoms with van der Waals surface area (Å²) in [6.07, 6.45) is 1.90. The van der Waals surface area contributed by atoms with Gasteiger partial charge in [0.05, 0.1) is 14.2 Å². The van der Waals surface area contributed by atoms with Crippen molar-refractivity contribution in [1.82, 2.24) is 10.3 Å². The van der Waals surface area contributed by atoms with E-state index >= 15 is 0 Å². The molecule has 1 unspecified atom stereocenters. The third kappa shape index (κ3) is 3.95. The fourth-order valence-corrected chi connectivity index (χ4v) is 2.16. The van der Waals surface area contributed by atoms with Gasteiger partial charge >= 0.3 is 0 Å². The molecule has 2 aromatic rings. The van der Waals surface area contributed by atoms with Gasteiger partial charge in [0.25, 0.3) is 0 Å². The lowest BCUT2D eigenvalue weighted by Crippen LogP contribution is -2.18. The molecule has 1 heterocycles. The van der Waals surface area contributed by atoms with Crippen LogP contribution in [0.5, 0.6) is 11.5 Å². The number of aromatic nitrogens is 1. The molecular formula is C17H22N2O2. The molecule has 0 aliphatic rings. The van der Waals surface area contributed by atoms with Crippen molar-refractivity contribution in [2.24, 2.45) is 0 Å². The van der Waals surface area contributed by atoms with Crippen molar-refractivity contribution in [1.29, 1.82) is 0 Å². The number of methoxy groups -OCH3 is 2. The minimum absolute atomic E-state index is 0.173. The van der Waals surface area contributed by atoms with Gasteiger partial charge in [-0.25, -0.2) is 0 Å². The molecule has 4 nitrogen and oxygen atoms in total. The Bertz CT molecular complexity index is 582. The van der Waals surface area contributed by atoms with Gasteiger partial charge in [-0.3, -0.25) is 4.98 Å². The van der Waals surface area contributed by atoms with Crippen LogP contribution in [0.2, 0.25) is 0 Å². The van der Waals surface area contributed by atoms with Crippen LogP contribution < -0.4 is 14.8 Å². The lowest BCUT2D eigenvalue weighted by Gasteiger charge is -2.18. The quantitative estimate of drug-likeness (QED) is 0.885. The first kappa shape index (κ1) is 15.3. The Balaban J connectivity index is 2.05. The van der Waals surface area contributed by atoms with E-state index in [1.54, 1.807) is 14.2 Å². The number of hydrogen-bond acceptors (Lipinski definition) is 4. The van der Waals surface area contributed by atoms with Gasteiger partial charge in [-0.15, -0.1) is 0 Å². The van der Waals surface area contributed by atoms with Crippen molar-refractivity contribution in [2.45, 2.75) is 26.4 Å². The SMILES string of the molecule is COc1ccc(C(C)NCc2ccc(C)nc2)c(OC)c1. The second kappa shape index (κ2) is 7.09. The van der Waals surface area contributed by atoms with Crippen molar-refractivity contribution in [3.05, 3.63) is 53.3 Å². The molecule has 0 saturated heterocycles. The second-order valence-corrected chi connectivity index (χ2v) is 5.02. The summed E-state index contributed by atoms with van der Waals surface area (Å²) < 4.78 is 10.7. The summed E-state index contributed by atoms with van der Waals surface area (Å²) in [5.74, 6) is 1.63. The van der Waals surface area contributed by atoms with E-state index in [9.17, 15) is 0 Å². The van der Waals surface area contributed by atoms with Crippen molar-refractivity contribution in [3.8, 4) is 11.5 Å². The highest BCUT2D eigenvalue weighted by molar-refractivity contribution is 5.42. The molecule has 0 spiro atoms. The number of pyridine rings is 1. The number of aryl methyl sites for hydroxylation is 1. The smallest absolute Gasteiger partial charge is 0.127 e. The van der Waals surface area contributed by atoms with Crippen LogP contribution in [-0.2, 0) is 6.54 Å². The normalized spacial score (nSPS) is 12.0. The van der Waals surface area contributed by atoms with E-state index in [1.807, 2.05) is 37.4 Å². The Labute approximate surface area is 126 Å². The molecule has 1 aromatic heterocycles. The summed E-state index contributed by atoms with van der Waals surface area (Å²) in [4.78, 5) is 4.30. The van der Waals surface area contributed by atoms with Gasteiger partial charge < -0.3 is 14.8 Å². The fraction of sp³-hybridized carbons (Fsp3) is 0.353. The molecule has 0 radical (unpaired) electrons.